The lowest BCUT2D eigenvalue weighted by Crippen LogP contribution is -2.59. The molecule has 1 aromatic heterocycles. The summed E-state index contributed by atoms with van der Waals surface area (Å²) in [5, 5.41) is 4.13. The van der Waals surface area contributed by atoms with Gasteiger partial charge in [0.25, 0.3) is 5.91 Å². The Morgan fingerprint density at radius 1 is 1.25 bits per heavy atom. The van der Waals surface area contributed by atoms with Gasteiger partial charge in [0, 0.05) is 31.9 Å². The van der Waals surface area contributed by atoms with Crippen molar-refractivity contribution in [3.8, 4) is 5.88 Å². The quantitative estimate of drug-likeness (QED) is 0.592. The molecule has 2 atom stereocenters. The number of likely N-dealkylation sites (tertiary alicyclic amines) is 1. The predicted octanol–water partition coefficient (Wildman–Crippen LogP) is 1.94. The Bertz CT molecular complexity index is 848. The highest BCUT2D eigenvalue weighted by Gasteiger charge is 2.37. The van der Waals surface area contributed by atoms with E-state index in [1.807, 2.05) is 0 Å². The van der Waals surface area contributed by atoms with Crippen LogP contribution in [0.25, 0.3) is 0 Å². The molecule has 10 heteroatoms. The zero-order valence-electron chi connectivity index (χ0n) is 19.7. The maximum atomic E-state index is 13.0. The third-order valence-corrected chi connectivity index (χ3v) is 7.39. The van der Waals surface area contributed by atoms with E-state index in [1.165, 1.54) is 0 Å². The van der Waals surface area contributed by atoms with Crippen LogP contribution >= 0.6 is 0 Å². The van der Waals surface area contributed by atoms with Gasteiger partial charge in [-0.1, -0.05) is 13.8 Å². The van der Waals surface area contributed by atoms with Crippen molar-refractivity contribution in [1.29, 1.82) is 0 Å². The van der Waals surface area contributed by atoms with Crippen LogP contribution in [0.15, 0.2) is 12.3 Å². The summed E-state index contributed by atoms with van der Waals surface area (Å²) in [6, 6.07) is 0.969. The van der Waals surface area contributed by atoms with E-state index in [9.17, 15) is 13.2 Å². The Hall–Kier alpha value is -1.65. The minimum atomic E-state index is -3.41. The first kappa shape index (κ1) is 25.0. The summed E-state index contributed by atoms with van der Waals surface area (Å²) in [5.41, 5.74) is 0. The van der Waals surface area contributed by atoms with Gasteiger partial charge in [0.15, 0.2) is 6.61 Å². The summed E-state index contributed by atoms with van der Waals surface area (Å²) in [6.07, 6.45) is 8.78. The Balaban J connectivity index is 1.63. The third kappa shape index (κ3) is 7.18. The first-order chi connectivity index (χ1) is 15.1. The molecule has 1 N–H and O–H groups in total. The minimum Gasteiger partial charge on any atom is -0.467 e. The molecule has 2 fully saturated rings. The highest BCUT2D eigenvalue weighted by Crippen LogP contribution is 2.32. The number of amides is 1. The fraction of sp³-hybridized carbons (Fsp3) is 0.818. The largest absolute Gasteiger partial charge is 0.467 e. The van der Waals surface area contributed by atoms with E-state index in [1.54, 1.807) is 28.9 Å². The SMILES string of the molecule is CC(C)C1CCC(OC[C@H]2[C@@H](NS(C)(=O)=O)CCCN2C(=O)COc2ccn(C)n2)CC1. The van der Waals surface area contributed by atoms with Gasteiger partial charge >= 0.3 is 0 Å². The molecular formula is C22H38N4O5S. The highest BCUT2D eigenvalue weighted by atomic mass is 32.2. The lowest BCUT2D eigenvalue weighted by molar-refractivity contribution is -0.140. The van der Waals surface area contributed by atoms with Crippen molar-refractivity contribution in [2.45, 2.75) is 70.6 Å². The molecule has 2 heterocycles. The molecule has 2 aliphatic rings. The van der Waals surface area contributed by atoms with Gasteiger partial charge in [0.2, 0.25) is 15.9 Å². The predicted molar refractivity (Wildman–Crippen MR) is 122 cm³/mol. The normalized spacial score (nSPS) is 27.0. The summed E-state index contributed by atoms with van der Waals surface area (Å²) >= 11 is 0. The lowest BCUT2D eigenvalue weighted by atomic mass is 9.80. The fourth-order valence-electron chi connectivity index (χ4n) is 4.83. The molecule has 32 heavy (non-hydrogen) atoms. The Labute approximate surface area is 191 Å². The fourth-order valence-corrected chi connectivity index (χ4v) is 5.66. The summed E-state index contributed by atoms with van der Waals surface area (Å²) in [5.74, 6) is 1.63. The van der Waals surface area contributed by atoms with E-state index >= 15 is 0 Å². The highest BCUT2D eigenvalue weighted by molar-refractivity contribution is 7.88. The van der Waals surface area contributed by atoms with Crippen LogP contribution in [0.1, 0.15) is 52.4 Å². The second kappa shape index (κ2) is 11.0. The lowest BCUT2D eigenvalue weighted by Gasteiger charge is -2.42. The number of sulfonamides is 1. The van der Waals surface area contributed by atoms with Crippen LogP contribution in [0.2, 0.25) is 0 Å². The van der Waals surface area contributed by atoms with Crippen molar-refractivity contribution in [2.75, 3.05) is 26.0 Å². The van der Waals surface area contributed by atoms with Crippen LogP contribution in [0.4, 0.5) is 0 Å². The summed E-state index contributed by atoms with van der Waals surface area (Å²) < 4.78 is 40.0. The van der Waals surface area contributed by atoms with Crippen LogP contribution in [0, 0.1) is 11.8 Å². The third-order valence-electron chi connectivity index (χ3n) is 6.66. The van der Waals surface area contributed by atoms with Crippen molar-refractivity contribution in [2.24, 2.45) is 18.9 Å². The molecule has 0 bridgehead atoms. The Kier molecular flexibility index (Phi) is 8.57. The smallest absolute Gasteiger partial charge is 0.260 e. The molecule has 0 radical (unpaired) electrons. The van der Waals surface area contributed by atoms with Crippen LogP contribution in [0.3, 0.4) is 0 Å². The van der Waals surface area contributed by atoms with Crippen molar-refractivity contribution < 1.29 is 22.7 Å². The van der Waals surface area contributed by atoms with Crippen molar-refractivity contribution in [3.05, 3.63) is 12.3 Å². The first-order valence-electron chi connectivity index (χ1n) is 11.6. The number of rotatable bonds is 9. The average molecular weight is 471 g/mol. The Morgan fingerprint density at radius 2 is 1.97 bits per heavy atom. The van der Waals surface area contributed by atoms with Gasteiger partial charge in [-0.2, -0.15) is 0 Å². The van der Waals surface area contributed by atoms with Crippen LogP contribution < -0.4 is 9.46 Å². The maximum absolute atomic E-state index is 13.0. The minimum absolute atomic E-state index is 0.140. The van der Waals surface area contributed by atoms with Gasteiger partial charge in [-0.05, 0) is 50.4 Å². The first-order valence-corrected chi connectivity index (χ1v) is 13.5. The van der Waals surface area contributed by atoms with Crippen molar-refractivity contribution >= 4 is 15.9 Å². The molecule has 1 saturated heterocycles. The molecule has 1 aromatic rings. The Morgan fingerprint density at radius 3 is 2.56 bits per heavy atom. The molecule has 182 valence electrons. The van der Waals surface area contributed by atoms with E-state index in [-0.39, 0.29) is 30.7 Å². The zero-order valence-corrected chi connectivity index (χ0v) is 20.5. The molecule has 1 saturated carbocycles. The molecule has 1 aliphatic carbocycles. The number of ether oxygens (including phenoxy) is 2. The van der Waals surface area contributed by atoms with Gasteiger partial charge in [-0.25, -0.2) is 13.1 Å². The van der Waals surface area contributed by atoms with E-state index in [0.717, 1.165) is 44.3 Å². The van der Waals surface area contributed by atoms with Crippen LogP contribution in [-0.4, -0.2) is 73.2 Å². The molecule has 1 amide bonds. The molecule has 0 spiro atoms. The second-order valence-corrected chi connectivity index (χ2v) is 11.3. The summed E-state index contributed by atoms with van der Waals surface area (Å²) in [7, 11) is -1.63. The number of nitrogens with zero attached hydrogens (tertiary/aromatic N) is 3. The van der Waals surface area contributed by atoms with Crippen LogP contribution in [-0.2, 0) is 26.6 Å². The topological polar surface area (TPSA) is 103 Å². The van der Waals surface area contributed by atoms with E-state index in [4.69, 9.17) is 9.47 Å². The van der Waals surface area contributed by atoms with Crippen molar-refractivity contribution in [3.63, 3.8) is 0 Å². The van der Waals surface area contributed by atoms with Gasteiger partial charge < -0.3 is 14.4 Å². The molecule has 3 rings (SSSR count). The van der Waals surface area contributed by atoms with Gasteiger partial charge in [0.1, 0.15) is 0 Å². The van der Waals surface area contributed by atoms with Crippen molar-refractivity contribution in [1.82, 2.24) is 19.4 Å². The number of hydrogen-bond acceptors (Lipinski definition) is 6. The van der Waals surface area contributed by atoms with Gasteiger partial charge in [-0.3, -0.25) is 9.48 Å². The number of aryl methyl sites for hydroxylation is 1. The molecule has 1 aliphatic heterocycles. The van der Waals surface area contributed by atoms with Crippen LogP contribution in [0.5, 0.6) is 5.88 Å². The molecule has 9 nitrogen and oxygen atoms in total. The summed E-state index contributed by atoms with van der Waals surface area (Å²) in [4.78, 5) is 14.7. The zero-order chi connectivity index (χ0) is 23.3. The van der Waals surface area contributed by atoms with Gasteiger partial charge in [0.05, 0.1) is 25.0 Å². The maximum Gasteiger partial charge on any atom is 0.260 e. The van der Waals surface area contributed by atoms with E-state index in [0.29, 0.717) is 31.4 Å². The number of carbonyl (C=O) groups excluding carboxylic acids is 1. The number of nitrogens with one attached hydrogen (secondary N) is 1. The number of aromatic nitrogens is 2. The van der Waals surface area contributed by atoms with E-state index in [2.05, 4.69) is 23.7 Å². The molecule has 0 unspecified atom stereocenters. The molecule has 0 aromatic carbocycles. The van der Waals surface area contributed by atoms with E-state index < -0.39 is 10.0 Å². The monoisotopic (exact) mass is 470 g/mol. The number of hydrogen-bond donors (Lipinski definition) is 1. The number of piperidine rings is 1. The standard InChI is InChI=1S/C22H38N4O5S/c1-16(2)17-7-9-18(10-8-17)30-14-20-19(24-32(4,28)29)6-5-12-26(20)22(27)15-31-21-11-13-25(3)23-21/h11,13,16-20,24H,5-10,12,14-15H2,1-4H3/t17?,18?,19-,20-/m0/s1. The summed E-state index contributed by atoms with van der Waals surface area (Å²) in [6.45, 7) is 5.27. The average Bonchev–Trinajstić information content (AvgIpc) is 3.15. The molecular weight excluding hydrogens is 432 g/mol. The number of carbonyl (C=O) groups is 1. The second-order valence-electron chi connectivity index (χ2n) is 9.52. The van der Waals surface area contributed by atoms with Gasteiger partial charge in [-0.15, -0.1) is 5.10 Å².